The van der Waals surface area contributed by atoms with Crippen molar-refractivity contribution in [3.8, 4) is 0 Å². The highest BCUT2D eigenvalue weighted by molar-refractivity contribution is 5.78. The number of carbonyl (C=O) groups is 2. The van der Waals surface area contributed by atoms with Gasteiger partial charge in [0, 0.05) is 11.1 Å². The Morgan fingerprint density at radius 3 is 1.30 bits per heavy atom. The van der Waals surface area contributed by atoms with Gasteiger partial charge in [-0.1, -0.05) is 0 Å². The molecule has 6 heteroatoms. The number of nitrogens with zero attached hydrogens (tertiary/aromatic N) is 2. The predicted molar refractivity (Wildman–Crippen MR) is 119 cm³/mol. The molecule has 0 spiro atoms. The number of carbonyl (C=O) groups excluding carboxylic acids is 2. The molecule has 2 aliphatic rings. The number of piperidine rings is 2. The predicted octanol–water partition coefficient (Wildman–Crippen LogP) is 4.16. The standard InChI is InChI=1S/C24H44N2O4/c1-21(2)15-13-17(23(5,6)25(21)9)29-19(27)11-12-20(28)30-18-14-16-22(3,4)26(10)24(18,7)8/h17-18H,11-16H2,1-10H3. The smallest absolute Gasteiger partial charge is 0.306 e. The molecule has 2 rings (SSSR count). The van der Waals surface area contributed by atoms with Crippen LogP contribution in [0.25, 0.3) is 0 Å². The molecular weight excluding hydrogens is 380 g/mol. The highest BCUT2D eigenvalue weighted by atomic mass is 16.6. The van der Waals surface area contributed by atoms with Crippen molar-refractivity contribution in [1.29, 1.82) is 0 Å². The van der Waals surface area contributed by atoms with Crippen LogP contribution in [0.4, 0.5) is 0 Å². The average Bonchev–Trinajstić information content (AvgIpc) is 2.62. The lowest BCUT2D eigenvalue weighted by Crippen LogP contribution is -2.63. The second-order valence-corrected chi connectivity index (χ2v) is 11.6. The van der Waals surface area contributed by atoms with Crippen molar-refractivity contribution in [3.05, 3.63) is 0 Å². The van der Waals surface area contributed by atoms with E-state index in [9.17, 15) is 9.59 Å². The summed E-state index contributed by atoms with van der Waals surface area (Å²) in [6.45, 7) is 17.3. The first-order valence-electron chi connectivity index (χ1n) is 11.4. The molecule has 30 heavy (non-hydrogen) atoms. The van der Waals surface area contributed by atoms with Gasteiger partial charge in [-0.3, -0.25) is 19.4 Å². The summed E-state index contributed by atoms with van der Waals surface area (Å²) in [6.07, 6.45) is 3.37. The highest BCUT2D eigenvalue weighted by Crippen LogP contribution is 2.39. The van der Waals surface area contributed by atoms with E-state index in [4.69, 9.17) is 9.47 Å². The van der Waals surface area contributed by atoms with Gasteiger partial charge < -0.3 is 9.47 Å². The van der Waals surface area contributed by atoms with Crippen LogP contribution in [0.3, 0.4) is 0 Å². The van der Waals surface area contributed by atoms with Gasteiger partial charge in [-0.15, -0.1) is 0 Å². The minimum Gasteiger partial charge on any atom is -0.460 e. The summed E-state index contributed by atoms with van der Waals surface area (Å²) in [5.41, 5.74) is -0.349. The molecule has 174 valence electrons. The lowest BCUT2D eigenvalue weighted by Gasteiger charge is -2.54. The van der Waals surface area contributed by atoms with Crippen LogP contribution in [-0.4, -0.2) is 70.2 Å². The molecular formula is C24H44N2O4. The van der Waals surface area contributed by atoms with Crippen molar-refractivity contribution in [2.75, 3.05) is 14.1 Å². The summed E-state index contributed by atoms with van der Waals surface area (Å²) in [4.78, 5) is 29.5. The quantitative estimate of drug-likeness (QED) is 0.618. The van der Waals surface area contributed by atoms with E-state index in [0.717, 1.165) is 25.7 Å². The number of esters is 2. The number of hydrogen-bond acceptors (Lipinski definition) is 6. The lowest BCUT2D eigenvalue weighted by molar-refractivity contribution is -0.173. The van der Waals surface area contributed by atoms with E-state index in [1.165, 1.54) is 0 Å². The van der Waals surface area contributed by atoms with E-state index in [1.807, 2.05) is 0 Å². The van der Waals surface area contributed by atoms with Crippen LogP contribution >= 0.6 is 0 Å². The SMILES string of the molecule is CN1C(C)(C)CCC(OC(=O)CCC(=O)OC2CCC(C)(C)N(C)C2(C)C)C1(C)C. The van der Waals surface area contributed by atoms with Crippen molar-refractivity contribution in [2.45, 2.75) is 128 Å². The number of ether oxygens (including phenoxy) is 2. The summed E-state index contributed by atoms with van der Waals surface area (Å²) >= 11 is 0. The van der Waals surface area contributed by atoms with Crippen LogP contribution in [0.2, 0.25) is 0 Å². The molecule has 2 unspecified atom stereocenters. The van der Waals surface area contributed by atoms with Gasteiger partial charge in [-0.05, 0) is 95.2 Å². The zero-order chi connectivity index (χ0) is 23.1. The normalized spacial score (nSPS) is 30.5. The largest absolute Gasteiger partial charge is 0.460 e. The van der Waals surface area contributed by atoms with Gasteiger partial charge in [0.1, 0.15) is 12.2 Å². The van der Waals surface area contributed by atoms with Crippen molar-refractivity contribution >= 4 is 11.9 Å². The molecule has 0 radical (unpaired) electrons. The molecule has 6 nitrogen and oxygen atoms in total. The monoisotopic (exact) mass is 424 g/mol. The molecule has 2 atom stereocenters. The summed E-state index contributed by atoms with van der Waals surface area (Å²) in [6, 6.07) is 0. The summed E-state index contributed by atoms with van der Waals surface area (Å²) in [7, 11) is 4.17. The Morgan fingerprint density at radius 2 is 1.00 bits per heavy atom. The Kier molecular flexibility index (Phi) is 7.05. The number of likely N-dealkylation sites (tertiary alicyclic amines) is 2. The second kappa shape index (κ2) is 8.42. The molecule has 2 heterocycles. The van der Waals surface area contributed by atoms with Crippen molar-refractivity contribution in [1.82, 2.24) is 9.80 Å². The van der Waals surface area contributed by atoms with Crippen molar-refractivity contribution in [2.24, 2.45) is 0 Å². The van der Waals surface area contributed by atoms with Gasteiger partial charge >= 0.3 is 11.9 Å². The van der Waals surface area contributed by atoms with Crippen molar-refractivity contribution < 1.29 is 19.1 Å². The Morgan fingerprint density at radius 1 is 0.700 bits per heavy atom. The minimum atomic E-state index is -0.320. The third-order valence-corrected chi connectivity index (χ3v) is 8.24. The molecule has 2 saturated heterocycles. The van der Waals surface area contributed by atoms with E-state index in [0.29, 0.717) is 0 Å². The second-order valence-electron chi connectivity index (χ2n) is 11.6. The average molecular weight is 425 g/mol. The fraction of sp³-hybridized carbons (Fsp3) is 0.917. The van der Waals surface area contributed by atoms with Crippen LogP contribution in [0, 0.1) is 0 Å². The number of rotatable bonds is 5. The highest BCUT2D eigenvalue weighted by Gasteiger charge is 2.48. The van der Waals surface area contributed by atoms with Crippen LogP contribution < -0.4 is 0 Å². The van der Waals surface area contributed by atoms with E-state index in [-0.39, 0.29) is 59.1 Å². The lowest BCUT2D eigenvalue weighted by atomic mass is 9.78. The molecule has 0 N–H and O–H groups in total. The van der Waals surface area contributed by atoms with Gasteiger partial charge in [-0.25, -0.2) is 0 Å². The van der Waals surface area contributed by atoms with Crippen LogP contribution in [0.1, 0.15) is 93.9 Å². The molecule has 0 saturated carbocycles. The van der Waals surface area contributed by atoms with E-state index < -0.39 is 0 Å². The molecule has 0 aromatic heterocycles. The topological polar surface area (TPSA) is 59.1 Å². The number of hydrogen-bond donors (Lipinski definition) is 0. The first kappa shape index (κ1) is 25.1. The third-order valence-electron chi connectivity index (χ3n) is 8.24. The van der Waals surface area contributed by atoms with E-state index >= 15 is 0 Å². The molecule has 0 bridgehead atoms. The number of likely N-dealkylation sites (N-methyl/N-ethyl adjacent to an activating group) is 2. The zero-order valence-corrected chi connectivity index (χ0v) is 20.9. The van der Waals surface area contributed by atoms with Gasteiger partial charge in [-0.2, -0.15) is 0 Å². The maximum absolute atomic E-state index is 12.5. The molecule has 2 aliphatic heterocycles. The minimum absolute atomic E-state index is 0.0625. The van der Waals surface area contributed by atoms with E-state index in [2.05, 4.69) is 79.3 Å². The van der Waals surface area contributed by atoms with Gasteiger partial charge in [0.2, 0.25) is 0 Å². The van der Waals surface area contributed by atoms with Crippen molar-refractivity contribution in [3.63, 3.8) is 0 Å². The van der Waals surface area contributed by atoms with Gasteiger partial charge in [0.05, 0.1) is 23.9 Å². The van der Waals surface area contributed by atoms with Crippen LogP contribution in [-0.2, 0) is 19.1 Å². The molecule has 0 amide bonds. The first-order valence-corrected chi connectivity index (χ1v) is 11.4. The Bertz CT molecular complexity index is 598. The Hall–Kier alpha value is -1.14. The maximum atomic E-state index is 12.5. The van der Waals surface area contributed by atoms with Crippen LogP contribution in [0.5, 0.6) is 0 Å². The zero-order valence-electron chi connectivity index (χ0n) is 20.9. The Labute approximate surface area is 183 Å². The van der Waals surface area contributed by atoms with Crippen LogP contribution in [0.15, 0.2) is 0 Å². The summed E-state index contributed by atoms with van der Waals surface area (Å²) in [5, 5.41) is 0. The third kappa shape index (κ3) is 5.01. The maximum Gasteiger partial charge on any atom is 0.306 e. The van der Waals surface area contributed by atoms with Gasteiger partial charge in [0.25, 0.3) is 0 Å². The van der Waals surface area contributed by atoms with Gasteiger partial charge in [0.15, 0.2) is 0 Å². The molecule has 0 aromatic carbocycles. The summed E-state index contributed by atoms with van der Waals surface area (Å²) in [5.74, 6) is -0.640. The fourth-order valence-corrected chi connectivity index (χ4v) is 5.05. The first-order chi connectivity index (χ1) is 13.5. The molecule has 0 aromatic rings. The fourth-order valence-electron chi connectivity index (χ4n) is 5.05. The van der Waals surface area contributed by atoms with E-state index in [1.54, 1.807) is 0 Å². The summed E-state index contributed by atoms with van der Waals surface area (Å²) < 4.78 is 11.6. The Balaban J connectivity index is 1.86. The molecule has 0 aliphatic carbocycles. The molecule has 2 fully saturated rings.